The molecule has 1 unspecified atom stereocenters. The summed E-state index contributed by atoms with van der Waals surface area (Å²) in [7, 11) is 0. The monoisotopic (exact) mass is 349 g/mol. The summed E-state index contributed by atoms with van der Waals surface area (Å²) in [5, 5.41) is 13.6. The van der Waals surface area contributed by atoms with Crippen molar-refractivity contribution in [3.63, 3.8) is 0 Å². The fraction of sp³-hybridized carbons (Fsp3) is 0.632. The van der Waals surface area contributed by atoms with Gasteiger partial charge in [0.15, 0.2) is 0 Å². The summed E-state index contributed by atoms with van der Waals surface area (Å²) in [4.78, 5) is 16.8. The van der Waals surface area contributed by atoms with E-state index >= 15 is 0 Å². The zero-order valence-electron chi connectivity index (χ0n) is 14.8. The molecule has 5 nitrogen and oxygen atoms in total. The van der Waals surface area contributed by atoms with E-state index in [1.54, 1.807) is 17.0 Å². The van der Waals surface area contributed by atoms with Crippen LogP contribution in [0.1, 0.15) is 44.3 Å². The molecule has 2 amide bonds. The van der Waals surface area contributed by atoms with Gasteiger partial charge in [0.05, 0.1) is 12.6 Å². The van der Waals surface area contributed by atoms with Crippen LogP contribution in [0.3, 0.4) is 0 Å². The predicted molar refractivity (Wildman–Crippen MR) is 94.8 cm³/mol. The van der Waals surface area contributed by atoms with Crippen LogP contribution in [0.5, 0.6) is 0 Å². The van der Waals surface area contributed by atoms with Gasteiger partial charge in [0.2, 0.25) is 0 Å². The summed E-state index contributed by atoms with van der Waals surface area (Å²) in [5.74, 6) is -0.328. The number of piperidine rings is 1. The molecular formula is C19H28FN3O2. The fourth-order valence-electron chi connectivity index (χ4n) is 3.41. The first-order valence-electron chi connectivity index (χ1n) is 9.30. The van der Waals surface area contributed by atoms with Crippen molar-refractivity contribution in [2.45, 2.75) is 50.8 Å². The van der Waals surface area contributed by atoms with E-state index < -0.39 is 6.10 Å². The topological polar surface area (TPSA) is 55.8 Å². The normalized spacial score (nSPS) is 20.3. The smallest absolute Gasteiger partial charge is 0.317 e. The van der Waals surface area contributed by atoms with E-state index in [0.717, 1.165) is 45.3 Å². The van der Waals surface area contributed by atoms with Crippen molar-refractivity contribution in [1.29, 1.82) is 0 Å². The van der Waals surface area contributed by atoms with Crippen molar-refractivity contribution in [3.05, 3.63) is 35.6 Å². The van der Waals surface area contributed by atoms with Gasteiger partial charge < -0.3 is 20.2 Å². The number of aliphatic hydroxyl groups excluding tert-OH is 1. The quantitative estimate of drug-likeness (QED) is 0.830. The molecule has 0 spiro atoms. The van der Waals surface area contributed by atoms with Crippen LogP contribution in [-0.4, -0.2) is 59.2 Å². The number of rotatable bonds is 6. The molecule has 25 heavy (non-hydrogen) atoms. The number of nitrogens with zero attached hydrogens (tertiary/aromatic N) is 2. The molecule has 6 heteroatoms. The van der Waals surface area contributed by atoms with Gasteiger partial charge in [0.1, 0.15) is 5.82 Å². The van der Waals surface area contributed by atoms with Crippen molar-refractivity contribution >= 4 is 6.03 Å². The highest BCUT2D eigenvalue weighted by molar-refractivity contribution is 5.75. The van der Waals surface area contributed by atoms with Crippen molar-refractivity contribution in [2.24, 2.45) is 0 Å². The Morgan fingerprint density at radius 1 is 1.28 bits per heavy atom. The van der Waals surface area contributed by atoms with Gasteiger partial charge in [-0.2, -0.15) is 0 Å². The maximum atomic E-state index is 13.0. The van der Waals surface area contributed by atoms with Gasteiger partial charge in [-0.15, -0.1) is 0 Å². The molecule has 0 aromatic heterocycles. The second kappa shape index (κ2) is 8.15. The Labute approximate surface area is 148 Å². The molecule has 2 fully saturated rings. The molecule has 1 aromatic carbocycles. The maximum absolute atomic E-state index is 13.0. The number of carbonyl (C=O) groups excluding carboxylic acids is 1. The third-order valence-corrected chi connectivity index (χ3v) is 5.24. The Morgan fingerprint density at radius 3 is 2.48 bits per heavy atom. The third kappa shape index (κ3) is 4.92. The maximum Gasteiger partial charge on any atom is 0.317 e. The number of likely N-dealkylation sites (tertiary alicyclic amines) is 1. The Bertz CT molecular complexity index is 569. The molecular weight excluding hydrogens is 321 g/mol. The van der Waals surface area contributed by atoms with Crippen molar-refractivity contribution in [3.8, 4) is 0 Å². The number of hydrogen-bond acceptors (Lipinski definition) is 3. The Morgan fingerprint density at radius 2 is 1.92 bits per heavy atom. The number of nitrogens with one attached hydrogen (secondary N) is 1. The number of carbonyl (C=O) groups is 1. The third-order valence-electron chi connectivity index (χ3n) is 5.24. The van der Waals surface area contributed by atoms with Gasteiger partial charge >= 0.3 is 6.03 Å². The van der Waals surface area contributed by atoms with E-state index in [9.17, 15) is 14.3 Å². The number of urea groups is 1. The van der Waals surface area contributed by atoms with Gasteiger partial charge in [0.25, 0.3) is 0 Å². The van der Waals surface area contributed by atoms with Gasteiger partial charge in [-0.3, -0.25) is 0 Å². The lowest BCUT2D eigenvalue weighted by atomic mass is 10.1. The minimum Gasteiger partial charge on any atom is -0.387 e. The molecule has 1 aliphatic heterocycles. The lowest BCUT2D eigenvalue weighted by molar-refractivity contribution is 0.114. The summed E-state index contributed by atoms with van der Waals surface area (Å²) in [6.45, 7) is 5.49. The van der Waals surface area contributed by atoms with Crippen LogP contribution >= 0.6 is 0 Å². The molecule has 1 saturated carbocycles. The van der Waals surface area contributed by atoms with Crippen LogP contribution in [0.2, 0.25) is 0 Å². The van der Waals surface area contributed by atoms with Gasteiger partial charge in [-0.1, -0.05) is 19.1 Å². The minimum atomic E-state index is -0.797. The SMILES string of the molecule is CCN1CCC(NC(=O)N(CC(O)c2ccc(F)cc2)C2CC2)CC1. The van der Waals surface area contributed by atoms with Crippen LogP contribution in [0.15, 0.2) is 24.3 Å². The molecule has 1 heterocycles. The van der Waals surface area contributed by atoms with Gasteiger partial charge in [0, 0.05) is 25.2 Å². The first kappa shape index (κ1) is 18.1. The molecule has 1 aliphatic carbocycles. The minimum absolute atomic E-state index is 0.0846. The largest absolute Gasteiger partial charge is 0.387 e. The van der Waals surface area contributed by atoms with E-state index in [1.165, 1.54) is 12.1 Å². The van der Waals surface area contributed by atoms with E-state index in [-0.39, 0.29) is 30.5 Å². The number of amides is 2. The summed E-state index contributed by atoms with van der Waals surface area (Å²) >= 11 is 0. The molecule has 1 atom stereocenters. The zero-order chi connectivity index (χ0) is 17.8. The molecule has 2 N–H and O–H groups in total. The van der Waals surface area contributed by atoms with Gasteiger partial charge in [-0.05, 0) is 49.9 Å². The number of halogens is 1. The molecule has 2 aliphatic rings. The Hall–Kier alpha value is -1.66. The second-order valence-electron chi connectivity index (χ2n) is 7.11. The molecule has 1 aromatic rings. The molecule has 1 saturated heterocycles. The van der Waals surface area contributed by atoms with Gasteiger partial charge in [-0.25, -0.2) is 9.18 Å². The van der Waals surface area contributed by atoms with Crippen molar-refractivity contribution in [1.82, 2.24) is 15.1 Å². The Kier molecular flexibility index (Phi) is 5.91. The molecule has 0 radical (unpaired) electrons. The van der Waals surface area contributed by atoms with E-state index in [2.05, 4.69) is 17.1 Å². The van der Waals surface area contributed by atoms with Crippen LogP contribution in [0.4, 0.5) is 9.18 Å². The highest BCUT2D eigenvalue weighted by Gasteiger charge is 2.35. The first-order valence-corrected chi connectivity index (χ1v) is 9.30. The standard InChI is InChI=1S/C19H28FN3O2/c1-2-22-11-9-16(10-12-22)21-19(25)23(17-7-8-17)13-18(24)14-3-5-15(20)6-4-14/h3-6,16-18,24H,2,7-13H2,1H3,(H,21,25). The molecule has 138 valence electrons. The van der Waals surface area contributed by atoms with Crippen LogP contribution < -0.4 is 5.32 Å². The number of aliphatic hydroxyl groups is 1. The summed E-state index contributed by atoms with van der Waals surface area (Å²) in [5.41, 5.74) is 0.635. The van der Waals surface area contributed by atoms with Crippen molar-refractivity contribution in [2.75, 3.05) is 26.2 Å². The van der Waals surface area contributed by atoms with E-state index in [1.807, 2.05) is 0 Å². The first-order chi connectivity index (χ1) is 12.1. The Balaban J connectivity index is 1.55. The van der Waals surface area contributed by atoms with E-state index in [0.29, 0.717) is 5.56 Å². The summed E-state index contributed by atoms with van der Waals surface area (Å²) in [6.07, 6.45) is 3.11. The second-order valence-corrected chi connectivity index (χ2v) is 7.11. The average molecular weight is 349 g/mol. The molecule has 3 rings (SSSR count). The summed E-state index contributed by atoms with van der Waals surface area (Å²) in [6, 6.07) is 6.15. The highest BCUT2D eigenvalue weighted by atomic mass is 19.1. The number of hydrogen-bond donors (Lipinski definition) is 2. The highest BCUT2D eigenvalue weighted by Crippen LogP contribution is 2.29. The molecule has 0 bridgehead atoms. The fourth-order valence-corrected chi connectivity index (χ4v) is 3.41. The van der Waals surface area contributed by atoms with Crippen LogP contribution in [-0.2, 0) is 0 Å². The van der Waals surface area contributed by atoms with Crippen LogP contribution in [0.25, 0.3) is 0 Å². The summed E-state index contributed by atoms with van der Waals surface area (Å²) < 4.78 is 13.0. The lowest BCUT2D eigenvalue weighted by Crippen LogP contribution is -2.50. The average Bonchev–Trinajstić information content (AvgIpc) is 3.45. The van der Waals surface area contributed by atoms with E-state index in [4.69, 9.17) is 0 Å². The van der Waals surface area contributed by atoms with Crippen molar-refractivity contribution < 1.29 is 14.3 Å². The zero-order valence-corrected chi connectivity index (χ0v) is 14.8. The number of benzene rings is 1. The lowest BCUT2D eigenvalue weighted by Gasteiger charge is -2.33. The predicted octanol–water partition coefficient (Wildman–Crippen LogP) is 2.52. The van der Waals surface area contributed by atoms with Crippen LogP contribution in [0, 0.1) is 5.82 Å².